The van der Waals surface area contributed by atoms with Crippen LogP contribution in [0.2, 0.25) is 0 Å². The number of aryl methyl sites for hydroxylation is 3. The van der Waals surface area contributed by atoms with Gasteiger partial charge in [0, 0.05) is 42.7 Å². The summed E-state index contributed by atoms with van der Waals surface area (Å²) in [5.74, 6) is 0.661. The second kappa shape index (κ2) is 8.81. The smallest absolute Gasteiger partial charge is 0.220 e. The summed E-state index contributed by atoms with van der Waals surface area (Å²) in [4.78, 5) is 21.4. The molecule has 1 aliphatic rings. The monoisotopic (exact) mass is 407 g/mol. The number of ether oxygens (including phenoxy) is 1. The third kappa shape index (κ3) is 4.61. The van der Waals surface area contributed by atoms with Crippen molar-refractivity contribution in [3.8, 4) is 5.88 Å². The molecule has 1 fully saturated rings. The summed E-state index contributed by atoms with van der Waals surface area (Å²) < 4.78 is 7.81. The number of carbonyl (C=O) groups is 1. The van der Waals surface area contributed by atoms with Crippen LogP contribution in [0.25, 0.3) is 5.65 Å². The fraction of sp³-hybridized carbons (Fsp3) is 0.478. The quantitative estimate of drug-likeness (QED) is 0.647. The summed E-state index contributed by atoms with van der Waals surface area (Å²) in [5, 5.41) is 7.50. The molecule has 0 saturated heterocycles. The van der Waals surface area contributed by atoms with Crippen molar-refractivity contribution < 1.29 is 9.53 Å². The maximum absolute atomic E-state index is 12.4. The van der Waals surface area contributed by atoms with E-state index in [4.69, 9.17) is 4.74 Å². The Balaban J connectivity index is 1.33. The lowest BCUT2D eigenvalue weighted by Crippen LogP contribution is -2.23. The Morgan fingerprint density at radius 3 is 2.83 bits per heavy atom. The van der Waals surface area contributed by atoms with Gasteiger partial charge in [0.1, 0.15) is 6.10 Å². The average Bonchev–Trinajstić information content (AvgIpc) is 3.35. The van der Waals surface area contributed by atoms with Crippen LogP contribution in [0.3, 0.4) is 0 Å². The van der Waals surface area contributed by atoms with Crippen LogP contribution in [0.15, 0.2) is 24.4 Å². The Labute approximate surface area is 176 Å². The van der Waals surface area contributed by atoms with Crippen LogP contribution in [0.4, 0.5) is 0 Å². The Hall–Kier alpha value is -2.96. The highest BCUT2D eigenvalue weighted by atomic mass is 16.5. The van der Waals surface area contributed by atoms with E-state index in [1.54, 1.807) is 6.20 Å². The Kier molecular flexibility index (Phi) is 5.97. The van der Waals surface area contributed by atoms with Crippen LogP contribution in [-0.2, 0) is 17.8 Å². The fourth-order valence-corrected chi connectivity index (χ4v) is 4.13. The van der Waals surface area contributed by atoms with Gasteiger partial charge in [0.2, 0.25) is 11.8 Å². The lowest BCUT2D eigenvalue weighted by molar-refractivity contribution is -0.121. The highest BCUT2D eigenvalue weighted by Gasteiger charge is 2.17. The van der Waals surface area contributed by atoms with Gasteiger partial charge in [-0.2, -0.15) is 5.10 Å². The lowest BCUT2D eigenvalue weighted by Gasteiger charge is -2.13. The summed E-state index contributed by atoms with van der Waals surface area (Å²) >= 11 is 0. The van der Waals surface area contributed by atoms with E-state index in [1.807, 2.05) is 43.5 Å². The van der Waals surface area contributed by atoms with E-state index in [0.29, 0.717) is 25.3 Å². The maximum atomic E-state index is 12.4. The average molecular weight is 408 g/mol. The predicted molar refractivity (Wildman–Crippen MR) is 114 cm³/mol. The van der Waals surface area contributed by atoms with Gasteiger partial charge in [0.25, 0.3) is 0 Å². The molecule has 7 nitrogen and oxygen atoms in total. The molecule has 30 heavy (non-hydrogen) atoms. The molecule has 1 N–H and O–H groups in total. The molecule has 1 saturated carbocycles. The number of hydrogen-bond donors (Lipinski definition) is 1. The first-order chi connectivity index (χ1) is 14.5. The summed E-state index contributed by atoms with van der Waals surface area (Å²) in [6, 6.07) is 5.80. The van der Waals surface area contributed by atoms with E-state index in [1.165, 1.54) is 12.8 Å². The topological polar surface area (TPSA) is 81.4 Å². The molecule has 158 valence electrons. The van der Waals surface area contributed by atoms with Gasteiger partial charge in [-0.05, 0) is 70.1 Å². The molecule has 1 amide bonds. The first kappa shape index (κ1) is 20.3. The molecule has 4 rings (SSSR count). The number of fused-ring (bicyclic) bond motifs is 1. The van der Waals surface area contributed by atoms with Crippen LogP contribution < -0.4 is 10.1 Å². The Morgan fingerprint density at radius 2 is 2.03 bits per heavy atom. The van der Waals surface area contributed by atoms with Crippen LogP contribution >= 0.6 is 0 Å². The number of hydrogen-bond acceptors (Lipinski definition) is 5. The Morgan fingerprint density at radius 1 is 1.23 bits per heavy atom. The van der Waals surface area contributed by atoms with E-state index in [9.17, 15) is 4.79 Å². The maximum Gasteiger partial charge on any atom is 0.220 e. The number of nitrogens with zero attached hydrogens (tertiary/aromatic N) is 4. The van der Waals surface area contributed by atoms with E-state index in [-0.39, 0.29) is 12.0 Å². The van der Waals surface area contributed by atoms with E-state index >= 15 is 0 Å². The van der Waals surface area contributed by atoms with Crippen molar-refractivity contribution in [3.05, 3.63) is 52.6 Å². The molecule has 0 aliphatic heterocycles. The lowest BCUT2D eigenvalue weighted by atomic mass is 10.1. The number of aromatic nitrogens is 4. The minimum atomic E-state index is 0.0145. The minimum Gasteiger partial charge on any atom is -0.474 e. The largest absolute Gasteiger partial charge is 0.474 e. The molecule has 0 unspecified atom stereocenters. The molecule has 3 aromatic rings. The summed E-state index contributed by atoms with van der Waals surface area (Å²) in [6.07, 6.45) is 7.71. The zero-order valence-electron chi connectivity index (χ0n) is 17.9. The SMILES string of the molecule is Cc1cc2nc(C)c(CCC(=O)NCc3ccnc(OC4CCCC4)c3)c(C)n2n1. The van der Waals surface area contributed by atoms with Crippen molar-refractivity contribution in [3.63, 3.8) is 0 Å². The molecule has 3 aromatic heterocycles. The molecule has 0 bridgehead atoms. The van der Waals surface area contributed by atoms with E-state index in [0.717, 1.165) is 46.7 Å². The van der Waals surface area contributed by atoms with E-state index < -0.39 is 0 Å². The summed E-state index contributed by atoms with van der Waals surface area (Å²) in [7, 11) is 0. The zero-order chi connectivity index (χ0) is 21.1. The van der Waals surface area contributed by atoms with Gasteiger partial charge in [-0.15, -0.1) is 0 Å². The molecule has 3 heterocycles. The fourth-order valence-electron chi connectivity index (χ4n) is 4.13. The number of rotatable bonds is 7. The van der Waals surface area contributed by atoms with Crippen LogP contribution in [0.5, 0.6) is 5.88 Å². The van der Waals surface area contributed by atoms with Crippen LogP contribution in [-0.4, -0.2) is 31.6 Å². The van der Waals surface area contributed by atoms with Crippen molar-refractivity contribution in [2.75, 3.05) is 0 Å². The number of pyridine rings is 1. The van der Waals surface area contributed by atoms with Crippen molar-refractivity contribution >= 4 is 11.6 Å². The summed E-state index contributed by atoms with van der Waals surface area (Å²) in [5.41, 5.74) is 5.86. The molecule has 0 aromatic carbocycles. The van der Waals surface area contributed by atoms with Crippen molar-refractivity contribution in [2.45, 2.75) is 71.9 Å². The van der Waals surface area contributed by atoms with Crippen molar-refractivity contribution in [1.29, 1.82) is 0 Å². The number of carbonyl (C=O) groups excluding carboxylic acids is 1. The van der Waals surface area contributed by atoms with Gasteiger partial charge in [0.15, 0.2) is 5.65 Å². The third-order valence-corrected chi connectivity index (χ3v) is 5.77. The second-order valence-electron chi connectivity index (χ2n) is 8.12. The molecule has 1 aliphatic carbocycles. The molecule has 0 atom stereocenters. The highest BCUT2D eigenvalue weighted by molar-refractivity contribution is 5.76. The third-order valence-electron chi connectivity index (χ3n) is 5.77. The van der Waals surface area contributed by atoms with Crippen molar-refractivity contribution in [2.24, 2.45) is 0 Å². The molecule has 0 radical (unpaired) electrons. The minimum absolute atomic E-state index is 0.0145. The van der Waals surface area contributed by atoms with Gasteiger partial charge < -0.3 is 10.1 Å². The molecular formula is C23H29N5O2. The van der Waals surface area contributed by atoms with Crippen LogP contribution in [0, 0.1) is 20.8 Å². The van der Waals surface area contributed by atoms with Crippen molar-refractivity contribution in [1.82, 2.24) is 24.9 Å². The second-order valence-corrected chi connectivity index (χ2v) is 8.12. The molecular weight excluding hydrogens is 378 g/mol. The highest BCUT2D eigenvalue weighted by Crippen LogP contribution is 2.23. The molecule has 7 heteroatoms. The van der Waals surface area contributed by atoms with Gasteiger partial charge in [-0.25, -0.2) is 14.5 Å². The van der Waals surface area contributed by atoms with E-state index in [2.05, 4.69) is 20.4 Å². The number of nitrogens with one attached hydrogen (secondary N) is 1. The van der Waals surface area contributed by atoms with Gasteiger partial charge in [-0.1, -0.05) is 0 Å². The zero-order valence-corrected chi connectivity index (χ0v) is 17.9. The Bertz CT molecular complexity index is 1050. The number of amides is 1. The standard InChI is InChI=1S/C23H29N5O2/c1-15-12-21-26-16(2)20(17(3)28(21)27-15)8-9-22(29)25-14-18-10-11-24-23(13-18)30-19-6-4-5-7-19/h10-13,19H,4-9,14H2,1-3H3,(H,25,29). The first-order valence-electron chi connectivity index (χ1n) is 10.7. The van der Waals surface area contributed by atoms with Gasteiger partial charge >= 0.3 is 0 Å². The summed E-state index contributed by atoms with van der Waals surface area (Å²) in [6.45, 7) is 6.45. The molecule has 0 spiro atoms. The first-order valence-corrected chi connectivity index (χ1v) is 10.7. The normalized spacial score (nSPS) is 14.4. The van der Waals surface area contributed by atoms with Gasteiger partial charge in [-0.3, -0.25) is 4.79 Å². The van der Waals surface area contributed by atoms with Gasteiger partial charge in [0.05, 0.1) is 5.69 Å². The van der Waals surface area contributed by atoms with Crippen LogP contribution in [0.1, 0.15) is 60.3 Å². The predicted octanol–water partition coefficient (Wildman–Crippen LogP) is 3.62.